The number of nitrogens with one attached hydrogen (secondary N) is 1. The molecule has 1 aromatic carbocycles. The van der Waals surface area contributed by atoms with Crippen LogP contribution in [0.25, 0.3) is 10.9 Å². The van der Waals surface area contributed by atoms with Gasteiger partial charge in [0.15, 0.2) is 9.84 Å². The summed E-state index contributed by atoms with van der Waals surface area (Å²) in [5, 5.41) is 4.02. The summed E-state index contributed by atoms with van der Waals surface area (Å²) in [5.41, 5.74) is 8.10. The second-order valence-corrected chi connectivity index (χ2v) is 8.14. The molecule has 5 nitrogen and oxygen atoms in total. The van der Waals surface area contributed by atoms with Gasteiger partial charge in [0.2, 0.25) is 0 Å². The summed E-state index contributed by atoms with van der Waals surface area (Å²) in [6, 6.07) is 7.33. The van der Waals surface area contributed by atoms with E-state index in [1.165, 1.54) is 6.26 Å². The summed E-state index contributed by atoms with van der Waals surface area (Å²) in [5.74, 6) is 0. The van der Waals surface area contributed by atoms with Gasteiger partial charge in [0.05, 0.1) is 16.0 Å². The highest BCUT2D eigenvalue weighted by atomic mass is 32.2. The minimum absolute atomic E-state index is 0.307. The Morgan fingerprint density at radius 3 is 2.65 bits per heavy atom. The van der Waals surface area contributed by atoms with E-state index in [-0.39, 0.29) is 0 Å². The number of pyridine rings is 1. The van der Waals surface area contributed by atoms with Gasteiger partial charge in [-0.25, -0.2) is 8.42 Å². The van der Waals surface area contributed by atoms with Crippen molar-refractivity contribution in [1.29, 1.82) is 0 Å². The number of nitrogens with zero attached hydrogens (tertiary/aromatic N) is 1. The molecule has 0 amide bonds. The van der Waals surface area contributed by atoms with Gasteiger partial charge in [-0.05, 0) is 38.1 Å². The zero-order valence-corrected chi connectivity index (χ0v) is 12.7. The molecule has 0 spiro atoms. The maximum Gasteiger partial charge on any atom is 0.154 e. The Kier molecular flexibility index (Phi) is 3.60. The number of nitrogens with two attached hydrogens (primary N) is 1. The third-order valence-electron chi connectivity index (χ3n) is 3.51. The third-order valence-corrected chi connectivity index (χ3v) is 5.66. The second-order valence-electron chi connectivity index (χ2n) is 5.49. The fraction of sp³-hybridized carbons (Fsp3) is 0.357. The van der Waals surface area contributed by atoms with Crippen LogP contribution in [0.3, 0.4) is 0 Å². The fourth-order valence-corrected chi connectivity index (χ4v) is 2.11. The average molecular weight is 293 g/mol. The van der Waals surface area contributed by atoms with Crippen LogP contribution in [0.2, 0.25) is 0 Å². The van der Waals surface area contributed by atoms with Gasteiger partial charge in [0, 0.05) is 30.1 Å². The molecule has 0 radical (unpaired) electrons. The van der Waals surface area contributed by atoms with E-state index in [0.717, 1.165) is 16.6 Å². The molecule has 0 unspecified atom stereocenters. The quantitative estimate of drug-likeness (QED) is 0.843. The summed E-state index contributed by atoms with van der Waals surface area (Å²) < 4.78 is 22.6. The number of nitrogen functional groups attached to an aromatic ring is 1. The van der Waals surface area contributed by atoms with E-state index in [4.69, 9.17) is 5.73 Å². The van der Waals surface area contributed by atoms with Crippen molar-refractivity contribution >= 4 is 32.1 Å². The topological polar surface area (TPSA) is 85.1 Å². The Labute approximate surface area is 119 Å². The van der Waals surface area contributed by atoms with Crippen molar-refractivity contribution < 1.29 is 8.42 Å². The molecule has 0 bridgehead atoms. The maximum absolute atomic E-state index is 11.7. The summed E-state index contributed by atoms with van der Waals surface area (Å²) >= 11 is 0. The first kappa shape index (κ1) is 14.6. The van der Waals surface area contributed by atoms with E-state index < -0.39 is 14.6 Å². The van der Waals surface area contributed by atoms with Crippen molar-refractivity contribution in [1.82, 2.24) is 4.98 Å². The van der Waals surface area contributed by atoms with Gasteiger partial charge in [-0.15, -0.1) is 0 Å². The molecule has 0 fully saturated rings. The lowest BCUT2D eigenvalue weighted by atomic mass is 10.1. The Morgan fingerprint density at radius 2 is 2.00 bits per heavy atom. The first-order valence-electron chi connectivity index (χ1n) is 6.29. The van der Waals surface area contributed by atoms with Gasteiger partial charge < -0.3 is 11.1 Å². The predicted octanol–water partition coefficient (Wildman–Crippen LogP) is 2.05. The highest BCUT2D eigenvalue weighted by Gasteiger charge is 2.30. The monoisotopic (exact) mass is 293 g/mol. The van der Waals surface area contributed by atoms with E-state index in [0.29, 0.717) is 12.2 Å². The molecule has 108 valence electrons. The minimum atomic E-state index is -3.14. The summed E-state index contributed by atoms with van der Waals surface area (Å²) in [4.78, 5) is 4.31. The molecule has 3 N–H and O–H groups in total. The maximum atomic E-state index is 11.7. The third kappa shape index (κ3) is 2.70. The largest absolute Gasteiger partial charge is 0.398 e. The summed E-state index contributed by atoms with van der Waals surface area (Å²) in [6.07, 6.45) is 2.93. The normalized spacial score (nSPS) is 12.6. The van der Waals surface area contributed by atoms with Gasteiger partial charge in [0.25, 0.3) is 0 Å². The molecule has 1 aromatic heterocycles. The smallest absolute Gasteiger partial charge is 0.154 e. The molecule has 2 rings (SSSR count). The number of hydrogen-bond donors (Lipinski definition) is 2. The number of hydrogen-bond acceptors (Lipinski definition) is 5. The second kappa shape index (κ2) is 4.94. The zero-order valence-electron chi connectivity index (χ0n) is 11.8. The number of aromatic nitrogens is 1. The van der Waals surface area contributed by atoms with E-state index in [1.54, 1.807) is 26.1 Å². The van der Waals surface area contributed by atoms with E-state index in [9.17, 15) is 8.42 Å². The minimum Gasteiger partial charge on any atom is -0.398 e. The first-order chi connectivity index (χ1) is 9.22. The SMILES string of the molecule is CC(C)(CNc1ccc(N)c2cccnc12)S(C)(=O)=O. The van der Waals surface area contributed by atoms with Crippen molar-refractivity contribution in [2.24, 2.45) is 0 Å². The molecule has 20 heavy (non-hydrogen) atoms. The predicted molar refractivity (Wildman–Crippen MR) is 83.6 cm³/mol. The van der Waals surface area contributed by atoms with E-state index in [1.807, 2.05) is 18.2 Å². The summed E-state index contributed by atoms with van der Waals surface area (Å²) in [6.45, 7) is 3.70. The lowest BCUT2D eigenvalue weighted by molar-refractivity contribution is 0.560. The zero-order chi connectivity index (χ0) is 15.0. The van der Waals surface area contributed by atoms with Gasteiger partial charge >= 0.3 is 0 Å². The first-order valence-corrected chi connectivity index (χ1v) is 8.18. The van der Waals surface area contributed by atoms with Crippen molar-refractivity contribution in [3.05, 3.63) is 30.5 Å². The Bertz CT molecular complexity index is 739. The number of fused-ring (bicyclic) bond motifs is 1. The van der Waals surface area contributed by atoms with Gasteiger partial charge in [-0.2, -0.15) is 0 Å². The molecule has 0 saturated heterocycles. The molecule has 0 aliphatic heterocycles. The van der Waals surface area contributed by atoms with E-state index in [2.05, 4.69) is 10.3 Å². The van der Waals surface area contributed by atoms with Crippen LogP contribution in [0.1, 0.15) is 13.8 Å². The van der Waals surface area contributed by atoms with Crippen LogP contribution in [-0.4, -0.2) is 30.9 Å². The Balaban J connectivity index is 2.34. The van der Waals surface area contributed by atoms with Crippen molar-refractivity contribution in [2.75, 3.05) is 23.9 Å². The Hall–Kier alpha value is -1.82. The van der Waals surface area contributed by atoms with Gasteiger partial charge in [0.1, 0.15) is 0 Å². The van der Waals surface area contributed by atoms with Crippen LogP contribution in [0.5, 0.6) is 0 Å². The molecule has 0 saturated carbocycles. The van der Waals surface area contributed by atoms with Crippen LogP contribution in [0.4, 0.5) is 11.4 Å². The lowest BCUT2D eigenvalue weighted by Crippen LogP contribution is -2.38. The fourth-order valence-electron chi connectivity index (χ4n) is 1.78. The molecule has 0 atom stereocenters. The van der Waals surface area contributed by atoms with Crippen LogP contribution in [-0.2, 0) is 9.84 Å². The standard InChI is InChI=1S/C14H19N3O2S/c1-14(2,20(3,18)19)9-17-12-7-6-11(15)10-5-4-8-16-13(10)12/h4-8,17H,9,15H2,1-3H3. The average Bonchev–Trinajstić information content (AvgIpc) is 2.37. The number of anilines is 2. The highest BCUT2D eigenvalue weighted by molar-refractivity contribution is 7.92. The highest BCUT2D eigenvalue weighted by Crippen LogP contribution is 2.27. The molecule has 6 heteroatoms. The number of rotatable bonds is 4. The van der Waals surface area contributed by atoms with Gasteiger partial charge in [-0.1, -0.05) is 0 Å². The van der Waals surface area contributed by atoms with Crippen molar-refractivity contribution in [3.8, 4) is 0 Å². The molecular weight excluding hydrogens is 274 g/mol. The van der Waals surface area contributed by atoms with E-state index >= 15 is 0 Å². The molecular formula is C14H19N3O2S. The number of sulfone groups is 1. The molecule has 2 aromatic rings. The van der Waals surface area contributed by atoms with Crippen LogP contribution >= 0.6 is 0 Å². The van der Waals surface area contributed by atoms with Gasteiger partial charge in [-0.3, -0.25) is 4.98 Å². The molecule has 0 aliphatic carbocycles. The van der Waals surface area contributed by atoms with Crippen LogP contribution < -0.4 is 11.1 Å². The van der Waals surface area contributed by atoms with Crippen molar-refractivity contribution in [3.63, 3.8) is 0 Å². The summed E-state index contributed by atoms with van der Waals surface area (Å²) in [7, 11) is -3.14. The molecule has 0 aliphatic rings. The Morgan fingerprint density at radius 1 is 1.30 bits per heavy atom. The number of benzene rings is 1. The van der Waals surface area contributed by atoms with Crippen LogP contribution in [0, 0.1) is 0 Å². The molecule has 1 heterocycles. The van der Waals surface area contributed by atoms with Crippen LogP contribution in [0.15, 0.2) is 30.5 Å². The lowest BCUT2D eigenvalue weighted by Gasteiger charge is -2.23. The van der Waals surface area contributed by atoms with Crippen molar-refractivity contribution in [2.45, 2.75) is 18.6 Å².